The Bertz CT molecular complexity index is 894. The number of hydrogen-bond donors (Lipinski definition) is 6. The van der Waals surface area contributed by atoms with Crippen LogP contribution in [0.15, 0.2) is 48.5 Å². The van der Waals surface area contributed by atoms with Crippen LogP contribution in [0.5, 0.6) is 0 Å². The fourth-order valence-corrected chi connectivity index (χ4v) is 4.74. The molecule has 0 saturated carbocycles. The third-order valence-corrected chi connectivity index (χ3v) is 7.02. The highest BCUT2D eigenvalue weighted by Gasteiger charge is 2.53. The predicted octanol–water partition coefficient (Wildman–Crippen LogP) is 3.06. The van der Waals surface area contributed by atoms with E-state index in [1.54, 1.807) is 12.1 Å². The summed E-state index contributed by atoms with van der Waals surface area (Å²) in [5.41, 5.74) is -0.442. The van der Waals surface area contributed by atoms with E-state index in [0.29, 0.717) is 23.8 Å². The molecular weight excluding hydrogens is 444 g/mol. The van der Waals surface area contributed by atoms with Gasteiger partial charge < -0.3 is 30.6 Å². The lowest BCUT2D eigenvalue weighted by atomic mass is 9.71. The normalized spacial score (nSPS) is 18.2. The maximum atomic E-state index is 11.7. The van der Waals surface area contributed by atoms with Crippen molar-refractivity contribution in [2.45, 2.75) is 102 Å². The molecule has 2 aromatic carbocycles. The molecule has 0 radical (unpaired) electrons. The Labute approximate surface area is 209 Å². The molecular formula is C29H44O6. The Morgan fingerprint density at radius 1 is 0.714 bits per heavy atom. The van der Waals surface area contributed by atoms with E-state index < -0.39 is 36.1 Å². The molecule has 6 N–H and O–H groups in total. The molecule has 0 aliphatic rings. The molecule has 5 atom stereocenters. The topological polar surface area (TPSA) is 121 Å². The van der Waals surface area contributed by atoms with Crippen LogP contribution >= 0.6 is 0 Å². The highest BCUT2D eigenvalue weighted by molar-refractivity contribution is 5.29. The fraction of sp³-hybridized carbons (Fsp3) is 0.586. The maximum absolute atomic E-state index is 11.7. The zero-order valence-electron chi connectivity index (χ0n) is 21.7. The standard InChI is InChI=1S/C29H44O6/c1-6-15-28(34,16-21-7-11-23(12-8-21)19(2)3)27(33)29(35,26(32)25(31)18-30)17-22-9-13-24(14-10-22)20(4)5/h7-14,19-20,25-27,30-35H,6,15-18H2,1-5H3/t25-,26+,27+,28?,29+/m0/s1. The van der Waals surface area contributed by atoms with Gasteiger partial charge in [-0.1, -0.05) is 89.6 Å². The highest BCUT2D eigenvalue weighted by Crippen LogP contribution is 2.35. The number of aliphatic hydroxyl groups excluding tert-OH is 4. The van der Waals surface area contributed by atoms with E-state index in [9.17, 15) is 30.6 Å². The number of aliphatic hydroxyl groups is 6. The Morgan fingerprint density at radius 3 is 1.51 bits per heavy atom. The van der Waals surface area contributed by atoms with Crippen molar-refractivity contribution in [3.05, 3.63) is 70.8 Å². The Balaban J connectivity index is 2.45. The van der Waals surface area contributed by atoms with E-state index in [4.69, 9.17) is 0 Å². The van der Waals surface area contributed by atoms with E-state index in [0.717, 1.165) is 16.7 Å². The van der Waals surface area contributed by atoms with Gasteiger partial charge in [-0.05, 0) is 40.5 Å². The molecule has 2 rings (SSSR count). The largest absolute Gasteiger partial charge is 0.394 e. The summed E-state index contributed by atoms with van der Waals surface area (Å²) in [4.78, 5) is 0. The molecule has 0 aliphatic heterocycles. The molecule has 0 bridgehead atoms. The molecule has 6 heteroatoms. The third-order valence-electron chi connectivity index (χ3n) is 7.02. The van der Waals surface area contributed by atoms with Gasteiger partial charge in [0, 0.05) is 12.8 Å². The van der Waals surface area contributed by atoms with Gasteiger partial charge in [0.2, 0.25) is 0 Å². The van der Waals surface area contributed by atoms with Crippen molar-refractivity contribution in [2.75, 3.05) is 6.61 Å². The first-order valence-electron chi connectivity index (χ1n) is 12.7. The van der Waals surface area contributed by atoms with E-state index in [1.807, 2.05) is 43.3 Å². The average molecular weight is 489 g/mol. The van der Waals surface area contributed by atoms with Crippen molar-refractivity contribution in [3.63, 3.8) is 0 Å². The maximum Gasteiger partial charge on any atom is 0.126 e. The Kier molecular flexibility index (Phi) is 10.5. The lowest BCUT2D eigenvalue weighted by Gasteiger charge is -2.46. The highest BCUT2D eigenvalue weighted by atomic mass is 16.4. The van der Waals surface area contributed by atoms with Crippen LogP contribution in [0.3, 0.4) is 0 Å². The summed E-state index contributed by atoms with van der Waals surface area (Å²) in [7, 11) is 0. The zero-order valence-corrected chi connectivity index (χ0v) is 21.7. The zero-order chi connectivity index (χ0) is 26.4. The van der Waals surface area contributed by atoms with Gasteiger partial charge in [-0.15, -0.1) is 0 Å². The van der Waals surface area contributed by atoms with Gasteiger partial charge in [0.25, 0.3) is 0 Å². The first-order chi connectivity index (χ1) is 16.4. The van der Waals surface area contributed by atoms with Crippen molar-refractivity contribution in [1.82, 2.24) is 0 Å². The van der Waals surface area contributed by atoms with Gasteiger partial charge in [-0.3, -0.25) is 0 Å². The molecule has 1 unspecified atom stereocenters. The number of rotatable bonds is 13. The SMILES string of the molecule is CCCC(O)(Cc1ccc(C(C)C)cc1)[C@@H](O)[C@@](O)(Cc1ccc(C(C)C)cc1)[C@H](O)[C@@H](O)CO. The summed E-state index contributed by atoms with van der Waals surface area (Å²) in [6.07, 6.45) is -4.87. The van der Waals surface area contributed by atoms with Crippen LogP contribution in [0.25, 0.3) is 0 Å². The van der Waals surface area contributed by atoms with Crippen LogP contribution in [-0.2, 0) is 12.8 Å². The van der Waals surface area contributed by atoms with Crippen LogP contribution in [-0.4, -0.2) is 66.8 Å². The second-order valence-corrected chi connectivity index (χ2v) is 10.6. The monoisotopic (exact) mass is 488 g/mol. The van der Waals surface area contributed by atoms with E-state index in [-0.39, 0.29) is 19.3 Å². The molecule has 0 heterocycles. The van der Waals surface area contributed by atoms with Gasteiger partial charge in [0.1, 0.15) is 23.9 Å². The molecule has 2 aromatic rings. The van der Waals surface area contributed by atoms with Crippen molar-refractivity contribution < 1.29 is 30.6 Å². The lowest BCUT2D eigenvalue weighted by Crippen LogP contribution is -2.66. The molecule has 0 fully saturated rings. The molecule has 0 aromatic heterocycles. The first kappa shape index (κ1) is 29.4. The van der Waals surface area contributed by atoms with Gasteiger partial charge in [0.15, 0.2) is 0 Å². The molecule has 196 valence electrons. The molecule has 6 nitrogen and oxygen atoms in total. The fourth-order valence-electron chi connectivity index (χ4n) is 4.74. The van der Waals surface area contributed by atoms with Gasteiger partial charge >= 0.3 is 0 Å². The van der Waals surface area contributed by atoms with Gasteiger partial charge in [0.05, 0.1) is 12.2 Å². The van der Waals surface area contributed by atoms with Crippen molar-refractivity contribution in [2.24, 2.45) is 0 Å². The quantitative estimate of drug-likeness (QED) is 0.258. The minimum atomic E-state index is -2.32. The second-order valence-electron chi connectivity index (χ2n) is 10.6. The predicted molar refractivity (Wildman–Crippen MR) is 138 cm³/mol. The molecule has 0 saturated heterocycles. The van der Waals surface area contributed by atoms with E-state index in [2.05, 4.69) is 27.7 Å². The van der Waals surface area contributed by atoms with Crippen LogP contribution in [0, 0.1) is 0 Å². The van der Waals surface area contributed by atoms with Crippen molar-refractivity contribution >= 4 is 0 Å². The minimum absolute atomic E-state index is 0.0525. The van der Waals surface area contributed by atoms with Crippen LogP contribution in [0.1, 0.15) is 81.5 Å². The molecule has 0 amide bonds. The average Bonchev–Trinajstić information content (AvgIpc) is 2.83. The van der Waals surface area contributed by atoms with Crippen molar-refractivity contribution in [3.8, 4) is 0 Å². The first-order valence-corrected chi connectivity index (χ1v) is 12.7. The summed E-state index contributed by atoms with van der Waals surface area (Å²) in [5.74, 6) is 0.665. The van der Waals surface area contributed by atoms with Gasteiger partial charge in [-0.25, -0.2) is 0 Å². The molecule has 35 heavy (non-hydrogen) atoms. The third kappa shape index (κ3) is 7.13. The van der Waals surface area contributed by atoms with Gasteiger partial charge in [-0.2, -0.15) is 0 Å². The molecule has 0 spiro atoms. The summed E-state index contributed by atoms with van der Waals surface area (Å²) >= 11 is 0. The van der Waals surface area contributed by atoms with Crippen LogP contribution < -0.4 is 0 Å². The number of hydrogen-bond acceptors (Lipinski definition) is 6. The summed E-state index contributed by atoms with van der Waals surface area (Å²) < 4.78 is 0. The summed E-state index contributed by atoms with van der Waals surface area (Å²) in [6.45, 7) is 9.37. The van der Waals surface area contributed by atoms with Crippen molar-refractivity contribution in [1.29, 1.82) is 0 Å². The van der Waals surface area contributed by atoms with Crippen LogP contribution in [0.2, 0.25) is 0 Å². The van der Waals surface area contributed by atoms with Crippen LogP contribution in [0.4, 0.5) is 0 Å². The smallest absolute Gasteiger partial charge is 0.126 e. The van der Waals surface area contributed by atoms with E-state index >= 15 is 0 Å². The number of benzene rings is 2. The Hall–Kier alpha value is -1.80. The molecule has 0 aliphatic carbocycles. The minimum Gasteiger partial charge on any atom is -0.394 e. The Morgan fingerprint density at radius 2 is 1.14 bits per heavy atom. The second kappa shape index (κ2) is 12.4. The lowest BCUT2D eigenvalue weighted by molar-refractivity contribution is -0.230. The summed E-state index contributed by atoms with van der Waals surface area (Å²) in [5, 5.41) is 65.4. The summed E-state index contributed by atoms with van der Waals surface area (Å²) in [6, 6.07) is 15.2. The van der Waals surface area contributed by atoms with E-state index in [1.165, 1.54) is 0 Å².